The van der Waals surface area contributed by atoms with Crippen molar-refractivity contribution in [2.45, 2.75) is 44.9 Å². The van der Waals surface area contributed by atoms with E-state index in [9.17, 15) is 9.59 Å². The minimum atomic E-state index is 0.0208. The van der Waals surface area contributed by atoms with Gasteiger partial charge in [-0.1, -0.05) is 24.6 Å². The molecule has 1 N–H and O–H groups in total. The number of likely N-dealkylation sites (tertiary alicyclic amines) is 1. The fourth-order valence-electron chi connectivity index (χ4n) is 4.22. The molecule has 0 radical (unpaired) electrons. The van der Waals surface area contributed by atoms with Gasteiger partial charge in [0.05, 0.1) is 11.6 Å². The summed E-state index contributed by atoms with van der Waals surface area (Å²) in [5.41, 5.74) is 4.24. The van der Waals surface area contributed by atoms with Crippen molar-refractivity contribution in [1.29, 1.82) is 5.26 Å². The molecule has 0 spiro atoms. The Bertz CT molecular complexity index is 978. The van der Waals surface area contributed by atoms with Gasteiger partial charge in [-0.05, 0) is 73.9 Å². The van der Waals surface area contributed by atoms with Crippen LogP contribution in [0, 0.1) is 24.2 Å². The topological polar surface area (TPSA) is 73.2 Å². The van der Waals surface area contributed by atoms with E-state index >= 15 is 0 Å². The van der Waals surface area contributed by atoms with Crippen LogP contribution in [0.2, 0.25) is 0 Å². The number of aryl methyl sites for hydroxylation is 1. The van der Waals surface area contributed by atoms with Crippen LogP contribution in [0.4, 0.5) is 5.69 Å². The molecule has 0 unspecified atom stereocenters. The van der Waals surface area contributed by atoms with E-state index in [0.29, 0.717) is 30.1 Å². The summed E-state index contributed by atoms with van der Waals surface area (Å²) in [5.74, 6) is 0.617. The monoisotopic (exact) mass is 401 g/mol. The predicted molar refractivity (Wildman–Crippen MR) is 116 cm³/mol. The van der Waals surface area contributed by atoms with Gasteiger partial charge in [-0.15, -0.1) is 0 Å². The second-order valence-electron chi connectivity index (χ2n) is 8.45. The van der Waals surface area contributed by atoms with Gasteiger partial charge >= 0.3 is 0 Å². The number of hydrogen-bond donors (Lipinski definition) is 1. The Morgan fingerprint density at radius 1 is 1.03 bits per heavy atom. The van der Waals surface area contributed by atoms with Gasteiger partial charge in [-0.25, -0.2) is 0 Å². The molecule has 154 valence electrons. The number of nitrogens with one attached hydrogen (secondary N) is 1. The minimum absolute atomic E-state index is 0.0208. The largest absolute Gasteiger partial charge is 0.339 e. The fraction of sp³-hybridized carbons (Fsp3) is 0.400. The molecule has 1 aliphatic heterocycles. The predicted octanol–water partition coefficient (Wildman–Crippen LogP) is 4.63. The van der Waals surface area contributed by atoms with Crippen LogP contribution < -0.4 is 5.32 Å². The third-order valence-corrected chi connectivity index (χ3v) is 6.51. The van der Waals surface area contributed by atoms with E-state index in [-0.39, 0.29) is 17.7 Å². The van der Waals surface area contributed by atoms with Crippen LogP contribution >= 0.6 is 0 Å². The Hall–Kier alpha value is -3.13. The number of carbonyl (C=O) groups is 2. The first-order valence-electron chi connectivity index (χ1n) is 10.8. The first-order valence-corrected chi connectivity index (χ1v) is 10.8. The van der Waals surface area contributed by atoms with Crippen LogP contribution in [0.3, 0.4) is 0 Å². The van der Waals surface area contributed by atoms with Crippen LogP contribution in [0.25, 0.3) is 0 Å². The zero-order chi connectivity index (χ0) is 21.1. The van der Waals surface area contributed by atoms with Crippen molar-refractivity contribution in [2.24, 2.45) is 5.92 Å². The molecule has 1 saturated carbocycles. The maximum absolute atomic E-state index is 13.1. The second-order valence-corrected chi connectivity index (χ2v) is 8.45. The number of rotatable bonds is 4. The number of nitriles is 1. The number of amides is 2. The maximum Gasteiger partial charge on any atom is 0.253 e. The van der Waals surface area contributed by atoms with Crippen molar-refractivity contribution >= 4 is 17.5 Å². The van der Waals surface area contributed by atoms with Gasteiger partial charge in [0, 0.05) is 30.3 Å². The zero-order valence-corrected chi connectivity index (χ0v) is 17.4. The summed E-state index contributed by atoms with van der Waals surface area (Å²) in [7, 11) is 0. The molecule has 1 heterocycles. The molecule has 2 aromatic carbocycles. The summed E-state index contributed by atoms with van der Waals surface area (Å²) in [6.45, 7) is 3.37. The Morgan fingerprint density at radius 3 is 2.33 bits per heavy atom. The summed E-state index contributed by atoms with van der Waals surface area (Å²) in [4.78, 5) is 27.3. The Balaban J connectivity index is 1.39. The minimum Gasteiger partial charge on any atom is -0.339 e. The van der Waals surface area contributed by atoms with Crippen LogP contribution in [0.15, 0.2) is 42.5 Å². The van der Waals surface area contributed by atoms with E-state index in [1.54, 1.807) is 0 Å². The van der Waals surface area contributed by atoms with E-state index in [0.717, 1.165) is 43.4 Å². The van der Waals surface area contributed by atoms with Gasteiger partial charge in [-0.2, -0.15) is 5.26 Å². The van der Waals surface area contributed by atoms with Crippen molar-refractivity contribution in [2.75, 3.05) is 18.4 Å². The van der Waals surface area contributed by atoms with Crippen molar-refractivity contribution < 1.29 is 9.59 Å². The van der Waals surface area contributed by atoms with Crippen LogP contribution in [-0.2, 0) is 4.79 Å². The van der Waals surface area contributed by atoms with Gasteiger partial charge in [0.15, 0.2) is 0 Å². The maximum atomic E-state index is 13.1. The SMILES string of the molecule is Cc1ccc(C(=O)N2CCC(c3ccc(C#N)cc3)CC2)cc1NC(=O)C1CCC1. The van der Waals surface area contributed by atoms with Crippen LogP contribution in [-0.4, -0.2) is 29.8 Å². The first-order chi connectivity index (χ1) is 14.5. The number of anilines is 1. The highest BCUT2D eigenvalue weighted by Gasteiger charge is 2.27. The summed E-state index contributed by atoms with van der Waals surface area (Å²) in [5, 5.41) is 12.0. The lowest BCUT2D eigenvalue weighted by molar-refractivity contribution is -0.122. The average Bonchev–Trinajstić information content (AvgIpc) is 2.74. The molecular formula is C25H27N3O2. The molecule has 2 aromatic rings. The van der Waals surface area contributed by atoms with Crippen LogP contribution in [0.1, 0.15) is 65.1 Å². The highest BCUT2D eigenvalue weighted by molar-refractivity contribution is 5.98. The van der Waals surface area contributed by atoms with E-state index in [2.05, 4.69) is 11.4 Å². The lowest BCUT2D eigenvalue weighted by Crippen LogP contribution is -2.38. The standard InChI is InChI=1S/C25H27N3O2/c1-17-5-8-22(15-23(17)27-24(29)21-3-2-4-21)25(30)28-13-11-20(12-14-28)19-9-6-18(16-26)7-10-19/h5-10,15,20-21H,2-4,11-14H2,1H3,(H,27,29). The summed E-state index contributed by atoms with van der Waals surface area (Å²) >= 11 is 0. The van der Waals surface area contributed by atoms with Crippen molar-refractivity contribution in [3.63, 3.8) is 0 Å². The molecule has 2 aliphatic rings. The highest BCUT2D eigenvalue weighted by atomic mass is 16.2. The van der Waals surface area contributed by atoms with Crippen molar-refractivity contribution in [3.8, 4) is 6.07 Å². The number of hydrogen-bond acceptors (Lipinski definition) is 3. The molecule has 4 rings (SSSR count). The fourth-order valence-corrected chi connectivity index (χ4v) is 4.22. The van der Waals surface area contributed by atoms with Crippen LogP contribution in [0.5, 0.6) is 0 Å². The summed E-state index contributed by atoms with van der Waals surface area (Å²) in [6.07, 6.45) is 4.85. The van der Waals surface area contributed by atoms with E-state index in [4.69, 9.17) is 5.26 Å². The lowest BCUT2D eigenvalue weighted by atomic mass is 9.84. The lowest BCUT2D eigenvalue weighted by Gasteiger charge is -2.32. The molecule has 0 bridgehead atoms. The number of piperidine rings is 1. The van der Waals surface area contributed by atoms with Gasteiger partial charge in [0.25, 0.3) is 5.91 Å². The quantitative estimate of drug-likeness (QED) is 0.812. The summed E-state index contributed by atoms with van der Waals surface area (Å²) < 4.78 is 0. The molecular weight excluding hydrogens is 374 g/mol. The molecule has 1 aliphatic carbocycles. The molecule has 0 aromatic heterocycles. The van der Waals surface area contributed by atoms with Crippen molar-refractivity contribution in [1.82, 2.24) is 4.90 Å². The third kappa shape index (κ3) is 4.23. The van der Waals surface area contributed by atoms with Gasteiger partial charge < -0.3 is 10.2 Å². The highest BCUT2D eigenvalue weighted by Crippen LogP contribution is 2.30. The van der Waals surface area contributed by atoms with E-state index < -0.39 is 0 Å². The number of carbonyl (C=O) groups excluding carboxylic acids is 2. The van der Waals surface area contributed by atoms with E-state index in [1.807, 2.05) is 54.3 Å². The van der Waals surface area contributed by atoms with Gasteiger partial charge in [0.1, 0.15) is 0 Å². The molecule has 2 amide bonds. The first kappa shape index (κ1) is 20.2. The Kier molecular flexibility index (Phi) is 5.85. The number of nitrogens with zero attached hydrogens (tertiary/aromatic N) is 2. The molecule has 30 heavy (non-hydrogen) atoms. The molecule has 5 nitrogen and oxygen atoms in total. The molecule has 2 fully saturated rings. The van der Waals surface area contributed by atoms with Gasteiger partial charge in [-0.3, -0.25) is 9.59 Å². The Labute approximate surface area is 177 Å². The second kappa shape index (κ2) is 8.71. The molecule has 5 heteroatoms. The average molecular weight is 402 g/mol. The Morgan fingerprint density at radius 2 is 1.73 bits per heavy atom. The van der Waals surface area contributed by atoms with Gasteiger partial charge in [0.2, 0.25) is 5.91 Å². The zero-order valence-electron chi connectivity index (χ0n) is 17.4. The van der Waals surface area contributed by atoms with E-state index in [1.165, 1.54) is 5.56 Å². The summed E-state index contributed by atoms with van der Waals surface area (Å²) in [6, 6.07) is 15.5. The van der Waals surface area contributed by atoms with Crippen molar-refractivity contribution in [3.05, 3.63) is 64.7 Å². The smallest absolute Gasteiger partial charge is 0.253 e. The normalized spacial score (nSPS) is 17.1. The number of benzene rings is 2. The molecule has 1 saturated heterocycles. The third-order valence-electron chi connectivity index (χ3n) is 6.51. The molecule has 0 atom stereocenters.